The molecule has 2 nitrogen and oxygen atoms in total. The third-order valence-electron chi connectivity index (χ3n) is 7.22. The average Bonchev–Trinajstić information content (AvgIpc) is 2.89. The molecule has 1 N–H and O–H groups in total. The lowest BCUT2D eigenvalue weighted by atomic mass is 9.90. The molecule has 0 saturated carbocycles. The summed E-state index contributed by atoms with van der Waals surface area (Å²) in [4.78, 5) is 11.3. The molecule has 35 heavy (non-hydrogen) atoms. The highest BCUT2D eigenvalue weighted by Gasteiger charge is 2.11. The first kappa shape index (κ1) is 26.7. The van der Waals surface area contributed by atoms with Gasteiger partial charge in [-0.15, -0.1) is 0 Å². The Hall–Kier alpha value is -2.87. The van der Waals surface area contributed by atoms with Crippen LogP contribution in [0.3, 0.4) is 0 Å². The van der Waals surface area contributed by atoms with Crippen molar-refractivity contribution < 1.29 is 9.90 Å². The number of hydrogen-bond acceptors (Lipinski definition) is 1. The van der Waals surface area contributed by atoms with Crippen LogP contribution in [0, 0.1) is 5.92 Å². The Bertz CT molecular complexity index is 1050. The number of benzene rings is 3. The summed E-state index contributed by atoms with van der Waals surface area (Å²) >= 11 is 0. The summed E-state index contributed by atoms with van der Waals surface area (Å²) in [5, 5.41) is 9.28. The van der Waals surface area contributed by atoms with E-state index in [0.717, 1.165) is 29.9 Å². The molecule has 0 aliphatic rings. The summed E-state index contributed by atoms with van der Waals surface area (Å²) in [6.07, 6.45) is 12.5. The minimum absolute atomic E-state index is 0.320. The first-order valence-corrected chi connectivity index (χ1v) is 13.6. The van der Waals surface area contributed by atoms with Crippen molar-refractivity contribution in [3.8, 4) is 22.3 Å². The van der Waals surface area contributed by atoms with E-state index in [2.05, 4.69) is 63.2 Å². The van der Waals surface area contributed by atoms with Crippen LogP contribution in [0.25, 0.3) is 22.3 Å². The molecular weight excluding hydrogens is 428 g/mol. The van der Waals surface area contributed by atoms with Crippen molar-refractivity contribution in [3.63, 3.8) is 0 Å². The topological polar surface area (TPSA) is 37.3 Å². The Balaban J connectivity index is 1.84. The van der Waals surface area contributed by atoms with Gasteiger partial charge in [0.15, 0.2) is 0 Å². The summed E-state index contributed by atoms with van der Waals surface area (Å²) in [7, 11) is 0. The van der Waals surface area contributed by atoms with Gasteiger partial charge in [-0.2, -0.15) is 0 Å². The number of carboxylic acid groups (broad SMARTS) is 1. The van der Waals surface area contributed by atoms with Gasteiger partial charge in [0, 0.05) is 0 Å². The minimum atomic E-state index is -0.890. The molecule has 0 fully saturated rings. The van der Waals surface area contributed by atoms with Gasteiger partial charge in [0.1, 0.15) is 0 Å². The molecule has 0 aliphatic carbocycles. The molecule has 3 rings (SSSR count). The maximum Gasteiger partial charge on any atom is 0.335 e. The molecule has 0 radical (unpaired) electrons. The first-order chi connectivity index (χ1) is 17.0. The van der Waals surface area contributed by atoms with E-state index in [-0.39, 0.29) is 0 Å². The Morgan fingerprint density at radius 3 is 1.97 bits per heavy atom. The van der Waals surface area contributed by atoms with Crippen molar-refractivity contribution in [1.82, 2.24) is 0 Å². The lowest BCUT2D eigenvalue weighted by Crippen LogP contribution is -1.97. The van der Waals surface area contributed by atoms with Gasteiger partial charge in [-0.3, -0.25) is 0 Å². The molecule has 0 saturated heterocycles. The second kappa shape index (κ2) is 13.9. The van der Waals surface area contributed by atoms with Gasteiger partial charge in [-0.1, -0.05) is 114 Å². The van der Waals surface area contributed by atoms with Crippen LogP contribution in [0.15, 0.2) is 66.7 Å². The van der Waals surface area contributed by atoms with E-state index in [1.165, 1.54) is 73.6 Å². The Morgan fingerprint density at radius 1 is 0.714 bits per heavy atom. The van der Waals surface area contributed by atoms with Crippen molar-refractivity contribution in [2.24, 2.45) is 5.92 Å². The zero-order valence-corrected chi connectivity index (χ0v) is 21.9. The first-order valence-electron chi connectivity index (χ1n) is 13.6. The molecule has 0 heterocycles. The van der Waals surface area contributed by atoms with Crippen LogP contribution in [-0.4, -0.2) is 11.1 Å². The number of carbonyl (C=O) groups is 1. The van der Waals surface area contributed by atoms with Gasteiger partial charge in [-0.25, -0.2) is 4.79 Å². The highest BCUT2D eigenvalue weighted by molar-refractivity contribution is 5.89. The number of hydrogen-bond donors (Lipinski definition) is 1. The Kier molecular flexibility index (Phi) is 10.6. The van der Waals surface area contributed by atoms with Crippen LogP contribution in [0.5, 0.6) is 0 Å². The third-order valence-corrected chi connectivity index (χ3v) is 7.22. The van der Waals surface area contributed by atoms with E-state index in [9.17, 15) is 9.90 Å². The molecule has 1 unspecified atom stereocenters. The molecule has 0 spiro atoms. The third kappa shape index (κ3) is 8.09. The highest BCUT2D eigenvalue weighted by atomic mass is 16.4. The van der Waals surface area contributed by atoms with Crippen molar-refractivity contribution in [1.29, 1.82) is 0 Å². The van der Waals surface area contributed by atoms with Gasteiger partial charge < -0.3 is 5.11 Å². The van der Waals surface area contributed by atoms with Crippen molar-refractivity contribution in [3.05, 3.63) is 83.4 Å². The number of aryl methyl sites for hydroxylation is 2. The summed E-state index contributed by atoms with van der Waals surface area (Å²) in [5.41, 5.74) is 7.75. The normalized spacial score (nSPS) is 12.0. The zero-order chi connectivity index (χ0) is 25.0. The average molecular weight is 471 g/mol. The maximum atomic E-state index is 11.3. The molecule has 0 amide bonds. The van der Waals surface area contributed by atoms with Crippen LogP contribution in [0.2, 0.25) is 0 Å². The summed E-state index contributed by atoms with van der Waals surface area (Å²) < 4.78 is 0. The predicted octanol–water partition coefficient (Wildman–Crippen LogP) is 9.60. The fourth-order valence-electron chi connectivity index (χ4n) is 4.67. The number of carboxylic acids is 1. The van der Waals surface area contributed by atoms with E-state index >= 15 is 0 Å². The fraction of sp³-hybridized carbons (Fsp3) is 0.424. The van der Waals surface area contributed by atoms with Crippen molar-refractivity contribution in [2.45, 2.75) is 85.0 Å². The maximum absolute atomic E-state index is 11.3. The SMILES string of the molecule is CCCCCCCc1ccc(-c2cc(CCCC(C)CC)ccc2-c2ccc(C(=O)O)cc2)cc1. The minimum Gasteiger partial charge on any atom is -0.478 e. The Morgan fingerprint density at radius 2 is 1.31 bits per heavy atom. The fourth-order valence-corrected chi connectivity index (χ4v) is 4.67. The van der Waals surface area contributed by atoms with E-state index in [0.29, 0.717) is 5.56 Å². The van der Waals surface area contributed by atoms with Gasteiger partial charge in [-0.05, 0) is 77.1 Å². The summed E-state index contributed by atoms with van der Waals surface area (Å²) in [6, 6.07) is 23.1. The zero-order valence-electron chi connectivity index (χ0n) is 21.9. The molecule has 0 aliphatic heterocycles. The van der Waals surface area contributed by atoms with Crippen LogP contribution < -0.4 is 0 Å². The molecular formula is C33H42O2. The highest BCUT2D eigenvalue weighted by Crippen LogP contribution is 2.34. The van der Waals surface area contributed by atoms with E-state index in [4.69, 9.17) is 0 Å². The number of rotatable bonds is 14. The molecule has 3 aromatic carbocycles. The second-order valence-corrected chi connectivity index (χ2v) is 10.0. The summed E-state index contributed by atoms with van der Waals surface area (Å²) in [6.45, 7) is 6.86. The van der Waals surface area contributed by atoms with Gasteiger partial charge in [0.05, 0.1) is 5.56 Å². The number of aromatic carboxylic acids is 1. The second-order valence-electron chi connectivity index (χ2n) is 10.0. The number of unbranched alkanes of at least 4 members (excludes halogenated alkanes) is 4. The standard InChI is InChI=1S/C33H42O2/c1-4-6-7-8-9-12-26-14-17-29(18-15-26)32-24-27(13-10-11-25(3)5-2)16-23-31(32)28-19-21-30(22-20-28)33(34)35/h14-25H,4-13H2,1-3H3,(H,34,35). The molecule has 3 aromatic rings. The molecule has 0 aromatic heterocycles. The smallest absolute Gasteiger partial charge is 0.335 e. The lowest BCUT2D eigenvalue weighted by Gasteiger charge is -2.14. The van der Waals surface area contributed by atoms with Crippen LogP contribution in [0.1, 0.15) is 93.6 Å². The predicted molar refractivity (Wildman–Crippen MR) is 149 cm³/mol. The van der Waals surface area contributed by atoms with Crippen molar-refractivity contribution >= 4 is 5.97 Å². The van der Waals surface area contributed by atoms with Crippen LogP contribution in [0.4, 0.5) is 0 Å². The summed E-state index contributed by atoms with van der Waals surface area (Å²) in [5.74, 6) is -0.116. The molecule has 2 heteroatoms. The van der Waals surface area contributed by atoms with Gasteiger partial charge >= 0.3 is 5.97 Å². The van der Waals surface area contributed by atoms with Gasteiger partial charge in [0.25, 0.3) is 0 Å². The van der Waals surface area contributed by atoms with E-state index < -0.39 is 5.97 Å². The van der Waals surface area contributed by atoms with Crippen LogP contribution in [-0.2, 0) is 12.8 Å². The quantitative estimate of drug-likeness (QED) is 0.238. The lowest BCUT2D eigenvalue weighted by molar-refractivity contribution is 0.0697. The van der Waals surface area contributed by atoms with Crippen LogP contribution >= 0.6 is 0 Å². The molecule has 186 valence electrons. The van der Waals surface area contributed by atoms with E-state index in [1.54, 1.807) is 12.1 Å². The van der Waals surface area contributed by atoms with E-state index in [1.807, 2.05) is 12.1 Å². The monoisotopic (exact) mass is 470 g/mol. The largest absolute Gasteiger partial charge is 0.478 e. The Labute approximate surface area is 212 Å². The van der Waals surface area contributed by atoms with Gasteiger partial charge in [0.2, 0.25) is 0 Å². The van der Waals surface area contributed by atoms with Crippen molar-refractivity contribution in [2.75, 3.05) is 0 Å². The molecule has 0 bridgehead atoms. The molecule has 1 atom stereocenters.